The average Bonchev–Trinajstić information content (AvgIpc) is 3.18. The van der Waals surface area contributed by atoms with E-state index in [-0.39, 0.29) is 0 Å². The topological polar surface area (TPSA) is 39.1 Å². The summed E-state index contributed by atoms with van der Waals surface area (Å²) in [4.78, 5) is 0. The molecular formula is C18H17N3O. The predicted octanol–water partition coefficient (Wildman–Crippen LogP) is 3.52. The molecule has 2 heterocycles. The molecule has 4 nitrogen and oxygen atoms in total. The van der Waals surface area contributed by atoms with Crippen LogP contribution in [0.2, 0.25) is 0 Å². The highest BCUT2D eigenvalue weighted by molar-refractivity contribution is 5.73. The van der Waals surface area contributed by atoms with Gasteiger partial charge in [-0.3, -0.25) is 0 Å². The number of fused-ring (bicyclic) bond motifs is 1. The summed E-state index contributed by atoms with van der Waals surface area (Å²) in [5.74, 6) is 1.89. The maximum atomic E-state index is 5.49. The van der Waals surface area contributed by atoms with Crippen LogP contribution >= 0.6 is 0 Å². The zero-order valence-corrected chi connectivity index (χ0v) is 12.4. The summed E-state index contributed by atoms with van der Waals surface area (Å²) < 4.78 is 7.45. The minimum Gasteiger partial charge on any atom is -0.494 e. The molecule has 3 aromatic rings. The predicted molar refractivity (Wildman–Crippen MR) is 87.7 cm³/mol. The lowest BCUT2D eigenvalue weighted by atomic mass is 10.1. The largest absolute Gasteiger partial charge is 0.494 e. The number of benzene rings is 2. The first-order valence-electron chi connectivity index (χ1n) is 7.43. The van der Waals surface area contributed by atoms with Crippen LogP contribution in [-0.4, -0.2) is 23.4 Å². The van der Waals surface area contributed by atoms with Crippen molar-refractivity contribution in [2.45, 2.75) is 6.42 Å². The number of hydrogen-bond acceptors (Lipinski definition) is 3. The van der Waals surface area contributed by atoms with Gasteiger partial charge in [0.15, 0.2) is 0 Å². The summed E-state index contributed by atoms with van der Waals surface area (Å²) >= 11 is 0. The molecule has 0 aliphatic carbocycles. The third-order valence-corrected chi connectivity index (χ3v) is 4.01. The SMILES string of the molecule is COc1ccccc1-n1nc(-c2ccccc2)c2c1NCC2. The highest BCUT2D eigenvalue weighted by Crippen LogP contribution is 2.36. The van der Waals surface area contributed by atoms with E-state index >= 15 is 0 Å². The lowest BCUT2D eigenvalue weighted by molar-refractivity contribution is 0.412. The third kappa shape index (κ3) is 1.96. The van der Waals surface area contributed by atoms with Crippen LogP contribution in [0, 0.1) is 0 Å². The van der Waals surface area contributed by atoms with Gasteiger partial charge in [-0.1, -0.05) is 42.5 Å². The molecule has 0 radical (unpaired) electrons. The van der Waals surface area contributed by atoms with Crippen molar-refractivity contribution in [3.63, 3.8) is 0 Å². The molecule has 4 rings (SSSR count). The fourth-order valence-corrected chi connectivity index (χ4v) is 2.98. The van der Waals surface area contributed by atoms with Gasteiger partial charge in [-0.15, -0.1) is 0 Å². The van der Waals surface area contributed by atoms with E-state index in [0.29, 0.717) is 0 Å². The maximum absolute atomic E-state index is 5.49. The Morgan fingerprint density at radius 3 is 2.64 bits per heavy atom. The molecule has 110 valence electrons. The van der Waals surface area contributed by atoms with Gasteiger partial charge in [0.25, 0.3) is 0 Å². The van der Waals surface area contributed by atoms with Crippen molar-refractivity contribution >= 4 is 5.82 Å². The second kappa shape index (κ2) is 5.22. The number of aromatic nitrogens is 2. The van der Waals surface area contributed by atoms with E-state index < -0.39 is 0 Å². The highest BCUT2D eigenvalue weighted by Gasteiger charge is 2.24. The number of nitrogens with one attached hydrogen (secondary N) is 1. The molecule has 2 aromatic carbocycles. The first kappa shape index (κ1) is 13.0. The number of para-hydroxylation sites is 2. The third-order valence-electron chi connectivity index (χ3n) is 4.01. The summed E-state index contributed by atoms with van der Waals surface area (Å²) in [5, 5.41) is 8.31. The minimum absolute atomic E-state index is 0.820. The number of hydrogen-bond donors (Lipinski definition) is 1. The van der Waals surface area contributed by atoms with E-state index in [1.165, 1.54) is 5.56 Å². The van der Waals surface area contributed by atoms with Crippen LogP contribution in [0.5, 0.6) is 5.75 Å². The van der Waals surface area contributed by atoms with Crippen LogP contribution in [0.15, 0.2) is 54.6 Å². The Labute approximate surface area is 129 Å². The van der Waals surface area contributed by atoms with E-state index in [0.717, 1.165) is 41.5 Å². The fraction of sp³-hybridized carbons (Fsp3) is 0.167. The molecule has 1 aromatic heterocycles. The lowest BCUT2D eigenvalue weighted by Crippen LogP contribution is -2.05. The van der Waals surface area contributed by atoms with E-state index in [1.807, 2.05) is 47.1 Å². The zero-order chi connectivity index (χ0) is 14.9. The monoisotopic (exact) mass is 291 g/mol. The van der Waals surface area contributed by atoms with Crippen molar-refractivity contribution in [3.8, 4) is 22.7 Å². The summed E-state index contributed by atoms with van der Waals surface area (Å²) in [7, 11) is 1.69. The second-order valence-electron chi connectivity index (χ2n) is 5.30. The summed E-state index contributed by atoms with van der Waals surface area (Å²) in [6.07, 6.45) is 0.995. The fourth-order valence-electron chi connectivity index (χ4n) is 2.98. The normalized spacial score (nSPS) is 12.8. The molecule has 1 aliphatic heterocycles. The molecule has 0 amide bonds. The molecule has 0 fully saturated rings. The first-order valence-corrected chi connectivity index (χ1v) is 7.43. The number of methoxy groups -OCH3 is 1. The molecule has 0 saturated carbocycles. The van der Waals surface area contributed by atoms with Gasteiger partial charge >= 0.3 is 0 Å². The Bertz CT molecular complexity index is 808. The number of anilines is 1. The maximum Gasteiger partial charge on any atom is 0.144 e. The molecule has 0 unspecified atom stereocenters. The van der Waals surface area contributed by atoms with Crippen molar-refractivity contribution in [1.29, 1.82) is 0 Å². The Kier molecular flexibility index (Phi) is 3.07. The number of ether oxygens (including phenoxy) is 1. The van der Waals surface area contributed by atoms with Crippen molar-refractivity contribution in [2.24, 2.45) is 0 Å². The molecule has 1 aliphatic rings. The van der Waals surface area contributed by atoms with Gasteiger partial charge in [-0.2, -0.15) is 5.10 Å². The van der Waals surface area contributed by atoms with Crippen molar-refractivity contribution in [3.05, 3.63) is 60.2 Å². The van der Waals surface area contributed by atoms with Gasteiger partial charge in [0.05, 0.1) is 12.8 Å². The van der Waals surface area contributed by atoms with E-state index in [1.54, 1.807) is 7.11 Å². The van der Waals surface area contributed by atoms with Gasteiger partial charge in [-0.05, 0) is 18.6 Å². The zero-order valence-electron chi connectivity index (χ0n) is 12.4. The van der Waals surface area contributed by atoms with Crippen LogP contribution in [0.3, 0.4) is 0 Å². The molecular weight excluding hydrogens is 274 g/mol. The average molecular weight is 291 g/mol. The molecule has 0 spiro atoms. The second-order valence-corrected chi connectivity index (χ2v) is 5.30. The van der Waals surface area contributed by atoms with Crippen LogP contribution < -0.4 is 10.1 Å². The van der Waals surface area contributed by atoms with E-state index in [9.17, 15) is 0 Å². The summed E-state index contributed by atoms with van der Waals surface area (Å²) in [6, 6.07) is 18.3. The number of rotatable bonds is 3. The summed E-state index contributed by atoms with van der Waals surface area (Å²) in [6.45, 7) is 0.947. The van der Waals surface area contributed by atoms with Crippen molar-refractivity contribution < 1.29 is 4.74 Å². The van der Waals surface area contributed by atoms with Gasteiger partial charge in [0.1, 0.15) is 17.3 Å². The van der Waals surface area contributed by atoms with Crippen LogP contribution in [-0.2, 0) is 6.42 Å². The van der Waals surface area contributed by atoms with Crippen LogP contribution in [0.4, 0.5) is 5.82 Å². The van der Waals surface area contributed by atoms with Gasteiger partial charge in [0.2, 0.25) is 0 Å². The van der Waals surface area contributed by atoms with Crippen LogP contribution in [0.1, 0.15) is 5.56 Å². The Hall–Kier alpha value is -2.75. The van der Waals surface area contributed by atoms with Crippen molar-refractivity contribution in [1.82, 2.24) is 9.78 Å². The van der Waals surface area contributed by atoms with E-state index in [4.69, 9.17) is 9.84 Å². The smallest absolute Gasteiger partial charge is 0.144 e. The van der Waals surface area contributed by atoms with Crippen molar-refractivity contribution in [2.75, 3.05) is 19.0 Å². The molecule has 0 bridgehead atoms. The Morgan fingerprint density at radius 2 is 1.82 bits per heavy atom. The van der Waals surface area contributed by atoms with E-state index in [2.05, 4.69) is 17.4 Å². The number of nitrogens with zero attached hydrogens (tertiary/aromatic N) is 2. The molecule has 4 heteroatoms. The lowest BCUT2D eigenvalue weighted by Gasteiger charge is -2.10. The van der Waals surface area contributed by atoms with Gasteiger partial charge < -0.3 is 10.1 Å². The minimum atomic E-state index is 0.820. The quantitative estimate of drug-likeness (QED) is 0.802. The standard InChI is InChI=1S/C18H17N3O/c1-22-16-10-6-5-9-15(16)21-18-14(11-12-19-18)17(20-21)13-7-3-2-4-8-13/h2-10,19H,11-12H2,1H3. The van der Waals surface area contributed by atoms with Gasteiger partial charge in [0, 0.05) is 17.7 Å². The summed E-state index contributed by atoms with van der Waals surface area (Å²) in [5.41, 5.74) is 4.43. The molecule has 0 saturated heterocycles. The highest BCUT2D eigenvalue weighted by atomic mass is 16.5. The Balaban J connectivity index is 1.92. The Morgan fingerprint density at radius 1 is 1.05 bits per heavy atom. The molecule has 1 N–H and O–H groups in total. The van der Waals surface area contributed by atoms with Crippen LogP contribution in [0.25, 0.3) is 16.9 Å². The molecule has 22 heavy (non-hydrogen) atoms. The van der Waals surface area contributed by atoms with Gasteiger partial charge in [-0.25, -0.2) is 4.68 Å². The first-order chi connectivity index (χ1) is 10.9. The molecule has 0 atom stereocenters.